The smallest absolute Gasteiger partial charge is 0.152 e. The predicted octanol–water partition coefficient (Wildman–Crippen LogP) is 4.24. The fourth-order valence-electron chi connectivity index (χ4n) is 2.32. The van der Waals surface area contributed by atoms with Crippen molar-refractivity contribution < 1.29 is 9.53 Å². The number of carbonyl (C=O) groups is 1. The van der Waals surface area contributed by atoms with Crippen LogP contribution in [-0.4, -0.2) is 11.3 Å². The van der Waals surface area contributed by atoms with Crippen LogP contribution in [0.15, 0.2) is 52.4 Å². The van der Waals surface area contributed by atoms with Crippen molar-refractivity contribution in [2.45, 2.75) is 9.79 Å². The van der Waals surface area contributed by atoms with Gasteiger partial charge in [0.1, 0.15) is 5.75 Å². The lowest BCUT2D eigenvalue weighted by Crippen LogP contribution is -1.95. The number of fused-ring (bicyclic) bond motifs is 4. The molecule has 1 N–H and O–H groups in total. The number of para-hydroxylation sites is 1. The molecule has 0 bridgehead atoms. The lowest BCUT2D eigenvalue weighted by molar-refractivity contribution is 0.112. The van der Waals surface area contributed by atoms with Gasteiger partial charge in [0.05, 0.1) is 15.2 Å². The molecule has 2 heterocycles. The second-order valence-electron chi connectivity index (χ2n) is 4.33. The number of hydrogen-bond donors (Lipinski definition) is 1. The number of aromatic amines is 1. The highest BCUT2D eigenvalue weighted by Crippen LogP contribution is 2.49. The van der Waals surface area contributed by atoms with Crippen molar-refractivity contribution in [3.05, 3.63) is 48.2 Å². The maximum absolute atomic E-state index is 11.1. The molecule has 19 heavy (non-hydrogen) atoms. The molecule has 0 fully saturated rings. The molecular weight excluding hydrogens is 258 g/mol. The van der Waals surface area contributed by atoms with E-state index < -0.39 is 0 Å². The van der Waals surface area contributed by atoms with Gasteiger partial charge >= 0.3 is 0 Å². The molecule has 4 rings (SSSR count). The second-order valence-corrected chi connectivity index (χ2v) is 5.41. The molecule has 0 saturated heterocycles. The van der Waals surface area contributed by atoms with E-state index in [1.165, 1.54) is 0 Å². The van der Waals surface area contributed by atoms with Crippen LogP contribution in [0.2, 0.25) is 0 Å². The molecule has 0 aliphatic carbocycles. The highest BCUT2D eigenvalue weighted by molar-refractivity contribution is 7.99. The summed E-state index contributed by atoms with van der Waals surface area (Å²) in [6.07, 6.45) is 2.57. The van der Waals surface area contributed by atoms with Gasteiger partial charge in [0.25, 0.3) is 0 Å². The summed E-state index contributed by atoms with van der Waals surface area (Å²) in [6, 6.07) is 11.9. The third kappa shape index (κ3) is 1.50. The van der Waals surface area contributed by atoms with E-state index in [1.54, 1.807) is 18.0 Å². The molecule has 92 valence electrons. The van der Waals surface area contributed by atoms with Crippen molar-refractivity contribution in [3.8, 4) is 11.5 Å². The van der Waals surface area contributed by atoms with Gasteiger partial charge in [-0.25, -0.2) is 0 Å². The standard InChI is InChI=1S/C15H9NO2S/c17-8-9-7-16-10-5-6-13-15(14(9)10)18-11-3-1-2-4-12(11)19-13/h1-8,16H. The van der Waals surface area contributed by atoms with Gasteiger partial charge in [-0.05, 0) is 24.3 Å². The molecule has 1 aliphatic heterocycles. The largest absolute Gasteiger partial charge is 0.454 e. The van der Waals surface area contributed by atoms with Crippen LogP contribution in [-0.2, 0) is 0 Å². The third-order valence-electron chi connectivity index (χ3n) is 3.20. The number of aromatic nitrogens is 1. The van der Waals surface area contributed by atoms with E-state index in [4.69, 9.17) is 4.74 Å². The van der Waals surface area contributed by atoms with Crippen molar-refractivity contribution in [2.24, 2.45) is 0 Å². The minimum Gasteiger partial charge on any atom is -0.454 e. The van der Waals surface area contributed by atoms with Crippen LogP contribution in [0, 0.1) is 0 Å². The van der Waals surface area contributed by atoms with E-state index in [0.717, 1.165) is 38.5 Å². The summed E-state index contributed by atoms with van der Waals surface area (Å²) in [5, 5.41) is 0.856. The molecule has 0 radical (unpaired) electrons. The quantitative estimate of drug-likeness (QED) is 0.524. The molecule has 0 amide bonds. The van der Waals surface area contributed by atoms with E-state index >= 15 is 0 Å². The first-order chi connectivity index (χ1) is 9.36. The lowest BCUT2D eigenvalue weighted by atomic mass is 10.1. The van der Waals surface area contributed by atoms with Gasteiger partial charge in [0.2, 0.25) is 0 Å². The normalized spacial score (nSPS) is 12.6. The number of nitrogens with one attached hydrogen (secondary N) is 1. The van der Waals surface area contributed by atoms with Crippen LogP contribution in [0.1, 0.15) is 10.4 Å². The highest BCUT2D eigenvalue weighted by Gasteiger charge is 2.21. The number of carbonyl (C=O) groups excluding carboxylic acids is 1. The molecule has 3 aromatic rings. The number of ether oxygens (including phenoxy) is 1. The van der Waals surface area contributed by atoms with Gasteiger partial charge in [-0.2, -0.15) is 0 Å². The maximum Gasteiger partial charge on any atom is 0.152 e. The minimum atomic E-state index is 0.631. The Kier molecular flexibility index (Phi) is 2.19. The van der Waals surface area contributed by atoms with Crippen LogP contribution < -0.4 is 4.74 Å². The number of hydrogen-bond acceptors (Lipinski definition) is 3. The number of benzene rings is 2. The van der Waals surface area contributed by atoms with Gasteiger partial charge < -0.3 is 9.72 Å². The molecule has 0 spiro atoms. The van der Waals surface area contributed by atoms with Crippen molar-refractivity contribution >= 4 is 29.0 Å². The monoisotopic (exact) mass is 267 g/mol. The minimum absolute atomic E-state index is 0.631. The van der Waals surface area contributed by atoms with Gasteiger partial charge in [-0.1, -0.05) is 23.9 Å². The van der Waals surface area contributed by atoms with Crippen molar-refractivity contribution in [2.75, 3.05) is 0 Å². The molecule has 2 aromatic carbocycles. The highest BCUT2D eigenvalue weighted by atomic mass is 32.2. The van der Waals surface area contributed by atoms with E-state index in [0.29, 0.717) is 5.56 Å². The Morgan fingerprint density at radius 3 is 2.89 bits per heavy atom. The molecule has 0 saturated carbocycles. The Morgan fingerprint density at radius 1 is 1.11 bits per heavy atom. The average molecular weight is 267 g/mol. The molecular formula is C15H9NO2S. The first-order valence-electron chi connectivity index (χ1n) is 5.91. The first kappa shape index (κ1) is 10.7. The summed E-state index contributed by atoms with van der Waals surface area (Å²) >= 11 is 1.67. The summed E-state index contributed by atoms with van der Waals surface area (Å²) < 4.78 is 5.99. The average Bonchev–Trinajstić information content (AvgIpc) is 2.88. The Labute approximate surface area is 113 Å². The van der Waals surface area contributed by atoms with Crippen molar-refractivity contribution in [1.82, 2.24) is 4.98 Å². The van der Waals surface area contributed by atoms with Gasteiger partial charge in [-0.15, -0.1) is 0 Å². The topological polar surface area (TPSA) is 42.1 Å². The second kappa shape index (κ2) is 3.90. The molecule has 3 nitrogen and oxygen atoms in total. The molecule has 4 heteroatoms. The summed E-state index contributed by atoms with van der Waals surface area (Å²) in [5.41, 5.74) is 1.55. The van der Waals surface area contributed by atoms with Crippen molar-refractivity contribution in [3.63, 3.8) is 0 Å². The Hall–Kier alpha value is -2.20. The molecule has 0 unspecified atom stereocenters. The zero-order valence-corrected chi connectivity index (χ0v) is 10.7. The molecule has 0 atom stereocenters. The summed E-state index contributed by atoms with van der Waals surface area (Å²) in [7, 11) is 0. The lowest BCUT2D eigenvalue weighted by Gasteiger charge is -2.20. The van der Waals surface area contributed by atoms with Crippen molar-refractivity contribution in [1.29, 1.82) is 0 Å². The van der Waals surface area contributed by atoms with Crippen LogP contribution in [0.25, 0.3) is 10.9 Å². The Balaban J connectivity index is 2.00. The Morgan fingerprint density at radius 2 is 2.00 bits per heavy atom. The Bertz CT molecular complexity index is 807. The van der Waals surface area contributed by atoms with E-state index in [2.05, 4.69) is 4.98 Å². The number of rotatable bonds is 1. The number of aldehydes is 1. The van der Waals surface area contributed by atoms with Crippen LogP contribution in [0.4, 0.5) is 0 Å². The fourth-order valence-corrected chi connectivity index (χ4v) is 3.29. The summed E-state index contributed by atoms with van der Waals surface area (Å²) in [4.78, 5) is 16.4. The fraction of sp³-hybridized carbons (Fsp3) is 0. The van der Waals surface area contributed by atoms with Gasteiger partial charge in [-0.3, -0.25) is 4.79 Å². The van der Waals surface area contributed by atoms with Crippen LogP contribution in [0.3, 0.4) is 0 Å². The summed E-state index contributed by atoms with van der Waals surface area (Å²) in [5.74, 6) is 1.61. The van der Waals surface area contributed by atoms with Crippen LogP contribution >= 0.6 is 11.8 Å². The maximum atomic E-state index is 11.1. The SMILES string of the molecule is O=Cc1c[nH]c2ccc3c(c12)Oc1ccccc1S3. The number of H-pyrrole nitrogens is 1. The zero-order chi connectivity index (χ0) is 12.8. The van der Waals surface area contributed by atoms with E-state index in [9.17, 15) is 4.79 Å². The van der Waals surface area contributed by atoms with Crippen LogP contribution in [0.5, 0.6) is 11.5 Å². The zero-order valence-electron chi connectivity index (χ0n) is 9.84. The van der Waals surface area contributed by atoms with E-state index in [1.807, 2.05) is 36.4 Å². The first-order valence-corrected chi connectivity index (χ1v) is 6.72. The third-order valence-corrected chi connectivity index (χ3v) is 4.30. The van der Waals surface area contributed by atoms with Gasteiger partial charge in [0.15, 0.2) is 12.0 Å². The summed E-state index contributed by atoms with van der Waals surface area (Å²) in [6.45, 7) is 0. The molecule has 1 aromatic heterocycles. The van der Waals surface area contributed by atoms with E-state index in [-0.39, 0.29) is 0 Å². The van der Waals surface area contributed by atoms with Gasteiger partial charge in [0, 0.05) is 17.3 Å². The predicted molar refractivity (Wildman–Crippen MR) is 74.3 cm³/mol. The molecule has 1 aliphatic rings.